The maximum Gasteiger partial charge on any atom is 0.260 e. The second-order valence-corrected chi connectivity index (χ2v) is 8.87. The van der Waals surface area contributed by atoms with Gasteiger partial charge in [-0.1, -0.05) is 38.2 Å². The zero-order valence-electron chi connectivity index (χ0n) is 17.4. The lowest BCUT2D eigenvalue weighted by Gasteiger charge is -2.24. The van der Waals surface area contributed by atoms with Crippen molar-refractivity contribution in [3.8, 4) is 0 Å². The highest BCUT2D eigenvalue weighted by Gasteiger charge is 2.22. The normalized spacial score (nSPS) is 11.0. The molecular weight excluding hydrogens is 441 g/mol. The van der Waals surface area contributed by atoms with Gasteiger partial charge in [0, 0.05) is 23.5 Å². The van der Waals surface area contributed by atoms with Crippen molar-refractivity contribution in [3.63, 3.8) is 0 Å². The molecule has 0 bridgehead atoms. The minimum atomic E-state index is -0.359. The van der Waals surface area contributed by atoms with Crippen LogP contribution in [-0.2, 0) is 0 Å². The Balaban J connectivity index is 0.00000320. The van der Waals surface area contributed by atoms with Crippen LogP contribution in [0.1, 0.15) is 31.1 Å². The minimum absolute atomic E-state index is 0. The summed E-state index contributed by atoms with van der Waals surface area (Å²) >= 11 is 3.09. The zero-order valence-corrected chi connectivity index (χ0v) is 19.9. The first-order valence-corrected chi connectivity index (χ1v) is 11.7. The van der Waals surface area contributed by atoms with Gasteiger partial charge in [0.1, 0.15) is 11.3 Å². The molecule has 2 aromatic carbocycles. The molecule has 0 atom stereocenters. The maximum atomic E-state index is 14.2. The third kappa shape index (κ3) is 5.72. The van der Waals surface area contributed by atoms with Gasteiger partial charge in [0.15, 0.2) is 5.13 Å². The molecule has 0 radical (unpaired) electrons. The van der Waals surface area contributed by atoms with E-state index >= 15 is 0 Å². The number of rotatable bonds is 9. The Kier molecular flexibility index (Phi) is 9.55. The monoisotopic (exact) mass is 467 g/mol. The molecule has 0 aliphatic heterocycles. The first-order valence-electron chi connectivity index (χ1n) is 9.89. The third-order valence-corrected chi connectivity index (χ3v) is 6.72. The minimum Gasteiger partial charge on any atom is -0.302 e. The van der Waals surface area contributed by atoms with Gasteiger partial charge in [-0.3, -0.25) is 9.69 Å². The average molecular weight is 468 g/mol. The molecule has 8 heteroatoms. The van der Waals surface area contributed by atoms with Gasteiger partial charge in [0.2, 0.25) is 0 Å². The Morgan fingerprint density at radius 2 is 1.77 bits per heavy atom. The van der Waals surface area contributed by atoms with Crippen LogP contribution in [0.4, 0.5) is 9.52 Å². The molecule has 1 amide bonds. The number of hydrogen-bond acceptors (Lipinski definition) is 5. The molecule has 0 fully saturated rings. The van der Waals surface area contributed by atoms with E-state index in [-0.39, 0.29) is 24.1 Å². The van der Waals surface area contributed by atoms with Crippen LogP contribution in [0.25, 0.3) is 10.2 Å². The summed E-state index contributed by atoms with van der Waals surface area (Å²) in [4.78, 5) is 22.9. The molecule has 0 aliphatic carbocycles. The van der Waals surface area contributed by atoms with Crippen molar-refractivity contribution >= 4 is 56.8 Å². The third-order valence-electron chi connectivity index (χ3n) is 4.78. The summed E-state index contributed by atoms with van der Waals surface area (Å²) in [5, 5.41) is 0.536. The Morgan fingerprint density at radius 3 is 2.37 bits per heavy atom. The van der Waals surface area contributed by atoms with Gasteiger partial charge in [0.05, 0.1) is 4.70 Å². The Morgan fingerprint density at radius 1 is 1.07 bits per heavy atom. The molecule has 30 heavy (non-hydrogen) atoms. The van der Waals surface area contributed by atoms with Gasteiger partial charge in [-0.2, -0.15) is 0 Å². The molecule has 0 saturated carbocycles. The number of aromatic nitrogens is 1. The Bertz CT molecular complexity index is 961. The molecule has 0 N–H and O–H groups in total. The molecule has 162 valence electrons. The van der Waals surface area contributed by atoms with Crippen molar-refractivity contribution in [2.24, 2.45) is 0 Å². The number of thiazole rings is 1. The Hall–Kier alpha value is -1.67. The van der Waals surface area contributed by atoms with E-state index in [4.69, 9.17) is 0 Å². The summed E-state index contributed by atoms with van der Waals surface area (Å²) < 4.78 is 14.9. The number of anilines is 1. The van der Waals surface area contributed by atoms with E-state index in [1.54, 1.807) is 22.7 Å². The smallest absolute Gasteiger partial charge is 0.260 e. The lowest BCUT2D eigenvalue weighted by Crippen LogP contribution is -2.38. The van der Waals surface area contributed by atoms with E-state index in [2.05, 4.69) is 30.7 Å². The van der Waals surface area contributed by atoms with Crippen LogP contribution in [0.2, 0.25) is 0 Å². The lowest BCUT2D eigenvalue weighted by molar-refractivity contribution is 0.0983. The number of likely N-dealkylation sites (N-methyl/N-ethyl adjacent to an activating group) is 1. The number of carbonyl (C=O) groups excluding carboxylic acids is 1. The first-order chi connectivity index (χ1) is 14.1. The highest BCUT2D eigenvalue weighted by atomic mass is 35.5. The van der Waals surface area contributed by atoms with Crippen LogP contribution in [0, 0.1) is 5.82 Å². The van der Waals surface area contributed by atoms with Crippen molar-refractivity contribution < 1.29 is 9.18 Å². The summed E-state index contributed by atoms with van der Waals surface area (Å²) in [5.41, 5.74) is 0.938. The van der Waals surface area contributed by atoms with E-state index < -0.39 is 0 Å². The SMILES string of the molecule is CCSc1ccc(C(=O)N(CCN(CC)CC)c2nc3c(F)cccc3s2)cc1.Cl. The number of halogens is 2. The topological polar surface area (TPSA) is 36.4 Å². The van der Waals surface area contributed by atoms with Gasteiger partial charge in [-0.05, 0) is 55.2 Å². The van der Waals surface area contributed by atoms with E-state index in [1.807, 2.05) is 30.3 Å². The summed E-state index contributed by atoms with van der Waals surface area (Å²) in [6.07, 6.45) is 0. The summed E-state index contributed by atoms with van der Waals surface area (Å²) in [5.74, 6) is 0.521. The van der Waals surface area contributed by atoms with Crippen LogP contribution in [0.15, 0.2) is 47.4 Å². The van der Waals surface area contributed by atoms with Crippen molar-refractivity contribution in [1.82, 2.24) is 9.88 Å². The molecule has 1 aromatic heterocycles. The molecule has 3 aromatic rings. The van der Waals surface area contributed by atoms with Crippen LogP contribution in [0.5, 0.6) is 0 Å². The number of carbonyl (C=O) groups is 1. The molecule has 0 spiro atoms. The largest absolute Gasteiger partial charge is 0.302 e. The molecule has 0 unspecified atom stereocenters. The van der Waals surface area contributed by atoms with E-state index in [0.717, 1.165) is 35.0 Å². The number of amides is 1. The van der Waals surface area contributed by atoms with Crippen LogP contribution in [0.3, 0.4) is 0 Å². The quantitative estimate of drug-likeness (QED) is 0.364. The maximum absolute atomic E-state index is 14.2. The predicted molar refractivity (Wildman–Crippen MR) is 129 cm³/mol. The number of thioether (sulfide) groups is 1. The van der Waals surface area contributed by atoms with E-state index in [0.29, 0.717) is 22.8 Å². The Labute approximate surface area is 191 Å². The fraction of sp³-hybridized carbons (Fsp3) is 0.364. The average Bonchev–Trinajstić information content (AvgIpc) is 3.17. The van der Waals surface area contributed by atoms with Crippen LogP contribution < -0.4 is 4.90 Å². The molecular formula is C22H27ClFN3OS2. The molecule has 1 heterocycles. The van der Waals surface area contributed by atoms with Gasteiger partial charge in [0.25, 0.3) is 5.91 Å². The van der Waals surface area contributed by atoms with Crippen LogP contribution in [-0.4, -0.2) is 47.7 Å². The first kappa shape index (κ1) is 24.6. The molecule has 3 rings (SSSR count). The second-order valence-electron chi connectivity index (χ2n) is 6.52. The molecule has 4 nitrogen and oxygen atoms in total. The number of hydrogen-bond donors (Lipinski definition) is 0. The number of para-hydroxylation sites is 1. The van der Waals surface area contributed by atoms with Crippen molar-refractivity contribution in [2.45, 2.75) is 25.7 Å². The summed E-state index contributed by atoms with van der Waals surface area (Å²) in [6, 6.07) is 12.6. The molecule has 0 aliphatic rings. The van der Waals surface area contributed by atoms with Gasteiger partial charge < -0.3 is 4.90 Å². The zero-order chi connectivity index (χ0) is 20.8. The van der Waals surface area contributed by atoms with Gasteiger partial charge >= 0.3 is 0 Å². The highest BCUT2D eigenvalue weighted by Crippen LogP contribution is 2.31. The van der Waals surface area contributed by atoms with Crippen molar-refractivity contribution in [1.29, 1.82) is 0 Å². The van der Waals surface area contributed by atoms with E-state index in [1.165, 1.54) is 17.4 Å². The van der Waals surface area contributed by atoms with Gasteiger partial charge in [-0.15, -0.1) is 24.2 Å². The second kappa shape index (κ2) is 11.6. The van der Waals surface area contributed by atoms with Crippen LogP contribution >= 0.6 is 35.5 Å². The number of benzene rings is 2. The predicted octanol–water partition coefficient (Wildman–Crippen LogP) is 5.96. The van der Waals surface area contributed by atoms with Gasteiger partial charge in [-0.25, -0.2) is 9.37 Å². The highest BCUT2D eigenvalue weighted by molar-refractivity contribution is 7.99. The standard InChI is InChI=1S/C22H26FN3OS2.ClH/c1-4-25(5-2)14-15-26(21(27)16-10-12-17(13-11-16)28-6-3)22-24-20-18(23)8-7-9-19(20)29-22;/h7-13H,4-6,14-15H2,1-3H3;1H. The number of fused-ring (bicyclic) bond motifs is 1. The summed E-state index contributed by atoms with van der Waals surface area (Å²) in [7, 11) is 0. The summed E-state index contributed by atoms with van der Waals surface area (Å²) in [6.45, 7) is 9.38. The fourth-order valence-corrected chi connectivity index (χ4v) is 4.77. The van der Waals surface area contributed by atoms with Crippen molar-refractivity contribution in [2.75, 3.05) is 36.8 Å². The van der Waals surface area contributed by atoms with E-state index in [9.17, 15) is 9.18 Å². The lowest BCUT2D eigenvalue weighted by atomic mass is 10.2. The molecule has 0 saturated heterocycles. The fourth-order valence-electron chi connectivity index (χ4n) is 3.10. The number of nitrogens with zero attached hydrogens (tertiary/aromatic N) is 3. The van der Waals surface area contributed by atoms with Crippen molar-refractivity contribution in [3.05, 3.63) is 53.8 Å².